The lowest BCUT2D eigenvalue weighted by molar-refractivity contribution is 0.0240. The number of nitrogen functional groups attached to an aromatic ring is 1. The third kappa shape index (κ3) is 5.48. The molecular formula is C22H28ClFN4O2. The van der Waals surface area contributed by atoms with Crippen LogP contribution in [-0.4, -0.2) is 42.8 Å². The Balaban J connectivity index is 1.62. The van der Waals surface area contributed by atoms with Gasteiger partial charge in [-0.15, -0.1) is 0 Å². The molecule has 1 aliphatic rings. The molecule has 0 aliphatic carbocycles. The molecule has 0 atom stereocenters. The lowest BCUT2D eigenvalue weighted by atomic mass is 10.1. The van der Waals surface area contributed by atoms with Gasteiger partial charge >= 0.3 is 6.09 Å². The summed E-state index contributed by atoms with van der Waals surface area (Å²) in [6.45, 7) is 8.53. The number of rotatable bonds is 4. The number of carbonyl (C=O) groups excluding carboxylic acids is 1. The fourth-order valence-corrected chi connectivity index (χ4v) is 3.49. The molecule has 1 fully saturated rings. The summed E-state index contributed by atoms with van der Waals surface area (Å²) in [6, 6.07) is 10.4. The highest BCUT2D eigenvalue weighted by Crippen LogP contribution is 2.31. The molecule has 1 amide bonds. The molecule has 1 aliphatic heterocycles. The Labute approximate surface area is 181 Å². The van der Waals surface area contributed by atoms with E-state index in [0.29, 0.717) is 38.4 Å². The standard InChI is InChI=1S/C22H28ClFN4O2/c1-22(2,3)30-21(29)28-11-9-27(10-12-28)19-6-4-5-18(20(19)25)26-14-15-7-8-17(24)16(23)13-15/h4-8,13,26H,9-12,14,25H2,1-3H3. The number of halogens is 2. The second-order valence-corrected chi connectivity index (χ2v) is 8.70. The number of para-hydroxylation sites is 1. The van der Waals surface area contributed by atoms with E-state index in [1.165, 1.54) is 6.07 Å². The van der Waals surface area contributed by atoms with Gasteiger partial charge < -0.3 is 25.6 Å². The van der Waals surface area contributed by atoms with Crippen LogP contribution in [0, 0.1) is 5.82 Å². The molecule has 0 bridgehead atoms. The Morgan fingerprint density at radius 2 is 1.90 bits per heavy atom. The van der Waals surface area contributed by atoms with E-state index in [1.807, 2.05) is 39.0 Å². The number of nitrogens with zero attached hydrogens (tertiary/aromatic N) is 2. The first-order valence-electron chi connectivity index (χ1n) is 9.93. The molecule has 3 rings (SSSR count). The van der Waals surface area contributed by atoms with Gasteiger partial charge in [-0.1, -0.05) is 23.7 Å². The van der Waals surface area contributed by atoms with Crippen LogP contribution < -0.4 is 16.0 Å². The van der Waals surface area contributed by atoms with E-state index in [4.69, 9.17) is 22.1 Å². The molecule has 1 heterocycles. The molecule has 3 N–H and O–H groups in total. The van der Waals surface area contributed by atoms with Crippen molar-refractivity contribution in [1.82, 2.24) is 4.90 Å². The first-order valence-corrected chi connectivity index (χ1v) is 10.3. The molecular weight excluding hydrogens is 407 g/mol. The van der Waals surface area contributed by atoms with Crippen LogP contribution in [0.15, 0.2) is 36.4 Å². The van der Waals surface area contributed by atoms with Crippen molar-refractivity contribution in [3.8, 4) is 0 Å². The van der Waals surface area contributed by atoms with E-state index >= 15 is 0 Å². The van der Waals surface area contributed by atoms with Gasteiger partial charge in [0.25, 0.3) is 0 Å². The molecule has 0 radical (unpaired) electrons. The average molecular weight is 435 g/mol. The van der Waals surface area contributed by atoms with Crippen molar-refractivity contribution in [2.75, 3.05) is 42.1 Å². The number of piperazine rings is 1. The number of hydrogen-bond acceptors (Lipinski definition) is 5. The fourth-order valence-electron chi connectivity index (χ4n) is 3.29. The predicted octanol–water partition coefficient (Wildman–Crippen LogP) is 4.73. The average Bonchev–Trinajstić information content (AvgIpc) is 2.68. The molecule has 0 unspecified atom stereocenters. The molecule has 2 aromatic carbocycles. The lowest BCUT2D eigenvalue weighted by Crippen LogP contribution is -2.50. The summed E-state index contributed by atoms with van der Waals surface area (Å²) < 4.78 is 18.8. The van der Waals surface area contributed by atoms with Gasteiger partial charge in [-0.3, -0.25) is 0 Å². The van der Waals surface area contributed by atoms with Gasteiger partial charge in [-0.25, -0.2) is 9.18 Å². The van der Waals surface area contributed by atoms with Crippen LogP contribution in [-0.2, 0) is 11.3 Å². The van der Waals surface area contributed by atoms with Crippen LogP contribution in [0.3, 0.4) is 0 Å². The SMILES string of the molecule is CC(C)(C)OC(=O)N1CCN(c2cccc(NCc3ccc(F)c(Cl)c3)c2N)CC1. The normalized spacial score (nSPS) is 14.6. The maximum Gasteiger partial charge on any atom is 0.410 e. The molecule has 1 saturated heterocycles. The van der Waals surface area contributed by atoms with Gasteiger partial charge in [0.2, 0.25) is 0 Å². The zero-order valence-corrected chi connectivity index (χ0v) is 18.3. The van der Waals surface area contributed by atoms with Gasteiger partial charge in [-0.05, 0) is 50.6 Å². The van der Waals surface area contributed by atoms with Crippen molar-refractivity contribution in [2.45, 2.75) is 32.9 Å². The molecule has 2 aromatic rings. The fraction of sp³-hybridized carbons (Fsp3) is 0.409. The Morgan fingerprint density at radius 3 is 2.53 bits per heavy atom. The molecule has 0 aromatic heterocycles. The molecule has 8 heteroatoms. The highest BCUT2D eigenvalue weighted by Gasteiger charge is 2.26. The number of carbonyl (C=O) groups is 1. The maximum absolute atomic E-state index is 13.3. The van der Waals surface area contributed by atoms with Crippen LogP contribution in [0.25, 0.3) is 0 Å². The smallest absolute Gasteiger partial charge is 0.410 e. The monoisotopic (exact) mass is 434 g/mol. The minimum absolute atomic E-state index is 0.0962. The van der Waals surface area contributed by atoms with Crippen LogP contribution in [0.5, 0.6) is 0 Å². The zero-order valence-electron chi connectivity index (χ0n) is 17.5. The maximum atomic E-state index is 13.3. The minimum atomic E-state index is -0.507. The number of nitrogens with two attached hydrogens (primary N) is 1. The number of anilines is 3. The quantitative estimate of drug-likeness (QED) is 0.680. The third-order valence-corrected chi connectivity index (χ3v) is 5.11. The molecule has 30 heavy (non-hydrogen) atoms. The van der Waals surface area contributed by atoms with Gasteiger partial charge in [0.05, 0.1) is 22.1 Å². The van der Waals surface area contributed by atoms with Gasteiger partial charge in [-0.2, -0.15) is 0 Å². The van der Waals surface area contributed by atoms with E-state index in [0.717, 1.165) is 16.9 Å². The van der Waals surface area contributed by atoms with E-state index < -0.39 is 11.4 Å². The van der Waals surface area contributed by atoms with E-state index in [-0.39, 0.29) is 11.1 Å². The van der Waals surface area contributed by atoms with Crippen LogP contribution in [0.2, 0.25) is 5.02 Å². The number of hydrogen-bond donors (Lipinski definition) is 2. The van der Waals surface area contributed by atoms with E-state index in [9.17, 15) is 9.18 Å². The molecule has 162 valence electrons. The second-order valence-electron chi connectivity index (χ2n) is 8.29. The Morgan fingerprint density at radius 1 is 1.20 bits per heavy atom. The third-order valence-electron chi connectivity index (χ3n) is 4.82. The zero-order chi connectivity index (χ0) is 21.9. The first kappa shape index (κ1) is 22.0. The van der Waals surface area contributed by atoms with Crippen molar-refractivity contribution >= 4 is 34.8 Å². The highest BCUT2D eigenvalue weighted by atomic mass is 35.5. The second kappa shape index (κ2) is 9.00. The van der Waals surface area contributed by atoms with Gasteiger partial charge in [0.15, 0.2) is 0 Å². The van der Waals surface area contributed by atoms with Crippen LogP contribution >= 0.6 is 11.6 Å². The lowest BCUT2D eigenvalue weighted by Gasteiger charge is -2.37. The summed E-state index contributed by atoms with van der Waals surface area (Å²) in [7, 11) is 0. The van der Waals surface area contributed by atoms with Crippen molar-refractivity contribution in [3.63, 3.8) is 0 Å². The summed E-state index contributed by atoms with van der Waals surface area (Å²) in [5.41, 5.74) is 9.11. The van der Waals surface area contributed by atoms with Crippen LogP contribution in [0.1, 0.15) is 26.3 Å². The predicted molar refractivity (Wildman–Crippen MR) is 120 cm³/mol. The van der Waals surface area contributed by atoms with Gasteiger partial charge in [0, 0.05) is 32.7 Å². The molecule has 0 spiro atoms. The number of nitrogens with one attached hydrogen (secondary N) is 1. The summed E-state index contributed by atoms with van der Waals surface area (Å²) in [5, 5.41) is 3.39. The number of amides is 1. The largest absolute Gasteiger partial charge is 0.444 e. The number of ether oxygens (including phenoxy) is 1. The van der Waals surface area contributed by atoms with E-state index in [1.54, 1.807) is 17.0 Å². The van der Waals surface area contributed by atoms with E-state index in [2.05, 4.69) is 10.2 Å². The molecule has 0 saturated carbocycles. The topological polar surface area (TPSA) is 70.8 Å². The summed E-state index contributed by atoms with van der Waals surface area (Å²) in [6.07, 6.45) is -0.288. The van der Waals surface area contributed by atoms with Gasteiger partial charge in [0.1, 0.15) is 11.4 Å². The summed E-state index contributed by atoms with van der Waals surface area (Å²) in [5.74, 6) is -0.438. The van der Waals surface area contributed by atoms with Crippen molar-refractivity contribution in [2.24, 2.45) is 0 Å². The summed E-state index contributed by atoms with van der Waals surface area (Å²) in [4.78, 5) is 16.1. The summed E-state index contributed by atoms with van der Waals surface area (Å²) >= 11 is 5.85. The van der Waals surface area contributed by atoms with Crippen molar-refractivity contribution in [1.29, 1.82) is 0 Å². The van der Waals surface area contributed by atoms with Crippen molar-refractivity contribution < 1.29 is 13.9 Å². The Hall–Kier alpha value is -2.67. The Kier molecular flexibility index (Phi) is 6.61. The van der Waals surface area contributed by atoms with Crippen molar-refractivity contribution in [3.05, 3.63) is 52.8 Å². The highest BCUT2D eigenvalue weighted by molar-refractivity contribution is 6.30. The number of benzene rings is 2. The first-order chi connectivity index (χ1) is 14.1. The van der Waals surface area contributed by atoms with Crippen LogP contribution in [0.4, 0.5) is 26.2 Å². The Bertz CT molecular complexity index is 908. The molecule has 6 nitrogen and oxygen atoms in total. The minimum Gasteiger partial charge on any atom is -0.444 e.